The van der Waals surface area contributed by atoms with Crippen molar-refractivity contribution >= 4 is 29.3 Å². The Kier molecular flexibility index (Phi) is 4.81. The lowest BCUT2D eigenvalue weighted by Gasteiger charge is -2.20. The van der Waals surface area contributed by atoms with Crippen LogP contribution in [-0.4, -0.2) is 48.3 Å². The number of halogens is 1. The fourth-order valence-electron chi connectivity index (χ4n) is 1.99. The second-order valence-corrected chi connectivity index (χ2v) is 4.76. The van der Waals surface area contributed by atoms with Crippen molar-refractivity contribution in [3.63, 3.8) is 0 Å². The summed E-state index contributed by atoms with van der Waals surface area (Å²) in [6.45, 7) is 2.17. The average Bonchev–Trinajstić information content (AvgIpc) is 2.67. The molecule has 0 atom stereocenters. The number of carboxylic acids is 1. The van der Waals surface area contributed by atoms with Gasteiger partial charge in [0.2, 0.25) is 0 Å². The molecule has 20 heavy (non-hydrogen) atoms. The Hall–Kier alpha value is -1.79. The van der Waals surface area contributed by atoms with Gasteiger partial charge in [-0.25, -0.2) is 9.59 Å². The van der Waals surface area contributed by atoms with E-state index in [9.17, 15) is 9.59 Å². The zero-order valence-electron chi connectivity index (χ0n) is 10.8. The number of benzene rings is 1. The third-order valence-electron chi connectivity index (χ3n) is 2.98. The molecular weight excluding hydrogens is 284 g/mol. The van der Waals surface area contributed by atoms with Gasteiger partial charge in [0, 0.05) is 19.7 Å². The predicted molar refractivity (Wildman–Crippen MR) is 74.4 cm³/mol. The molecule has 1 aromatic rings. The summed E-state index contributed by atoms with van der Waals surface area (Å²) in [5.74, 6) is -1.18. The lowest BCUT2D eigenvalue weighted by atomic mass is 10.2. The smallest absolute Gasteiger partial charge is 0.339 e. The summed E-state index contributed by atoms with van der Waals surface area (Å²) in [4.78, 5) is 24.9. The molecule has 1 aliphatic heterocycles. The molecule has 2 N–H and O–H groups in total. The SMILES string of the molecule is O=C(O)c1c(Cl)cccc1NC(=O)N1CCCOCC1. The molecule has 0 aliphatic carbocycles. The van der Waals surface area contributed by atoms with Crippen molar-refractivity contribution in [3.05, 3.63) is 28.8 Å². The number of hydrogen-bond donors (Lipinski definition) is 2. The lowest BCUT2D eigenvalue weighted by Crippen LogP contribution is -2.37. The Bertz CT molecular complexity index is 513. The van der Waals surface area contributed by atoms with E-state index in [0.717, 1.165) is 6.42 Å². The first kappa shape index (κ1) is 14.6. The van der Waals surface area contributed by atoms with Gasteiger partial charge in [-0.15, -0.1) is 0 Å². The van der Waals surface area contributed by atoms with Crippen LogP contribution in [0.3, 0.4) is 0 Å². The minimum Gasteiger partial charge on any atom is -0.478 e. The van der Waals surface area contributed by atoms with Gasteiger partial charge in [0.25, 0.3) is 0 Å². The van der Waals surface area contributed by atoms with Crippen molar-refractivity contribution < 1.29 is 19.4 Å². The highest BCUT2D eigenvalue weighted by Crippen LogP contribution is 2.24. The van der Waals surface area contributed by atoms with Crippen LogP contribution in [0.5, 0.6) is 0 Å². The van der Waals surface area contributed by atoms with Gasteiger partial charge in [-0.2, -0.15) is 0 Å². The van der Waals surface area contributed by atoms with Crippen LogP contribution in [0.25, 0.3) is 0 Å². The average molecular weight is 299 g/mol. The van der Waals surface area contributed by atoms with Crippen LogP contribution in [0.4, 0.5) is 10.5 Å². The zero-order valence-corrected chi connectivity index (χ0v) is 11.5. The fourth-order valence-corrected chi connectivity index (χ4v) is 2.24. The maximum Gasteiger partial charge on any atom is 0.339 e. The summed E-state index contributed by atoms with van der Waals surface area (Å²) in [7, 11) is 0. The van der Waals surface area contributed by atoms with Gasteiger partial charge in [0.1, 0.15) is 5.56 Å². The van der Waals surface area contributed by atoms with Crippen molar-refractivity contribution in [2.75, 3.05) is 31.6 Å². The van der Waals surface area contributed by atoms with E-state index in [0.29, 0.717) is 26.3 Å². The summed E-state index contributed by atoms with van der Waals surface area (Å²) >= 11 is 5.85. The Morgan fingerprint density at radius 3 is 2.85 bits per heavy atom. The lowest BCUT2D eigenvalue weighted by molar-refractivity contribution is 0.0698. The van der Waals surface area contributed by atoms with Crippen LogP contribution in [0.2, 0.25) is 5.02 Å². The van der Waals surface area contributed by atoms with Gasteiger partial charge in [0.15, 0.2) is 0 Å². The Morgan fingerprint density at radius 1 is 1.30 bits per heavy atom. The molecule has 1 heterocycles. The minimum absolute atomic E-state index is 0.0921. The second kappa shape index (κ2) is 6.58. The molecule has 0 bridgehead atoms. The molecule has 0 aromatic heterocycles. The van der Waals surface area contributed by atoms with Gasteiger partial charge in [-0.05, 0) is 18.6 Å². The largest absolute Gasteiger partial charge is 0.478 e. The molecule has 1 aromatic carbocycles. The number of amides is 2. The molecule has 2 amide bonds. The number of carbonyl (C=O) groups excluding carboxylic acids is 1. The number of carbonyl (C=O) groups is 2. The van der Waals surface area contributed by atoms with Gasteiger partial charge < -0.3 is 20.1 Å². The van der Waals surface area contributed by atoms with Crippen molar-refractivity contribution in [1.29, 1.82) is 0 Å². The molecule has 0 radical (unpaired) electrons. The first-order valence-corrected chi connectivity index (χ1v) is 6.63. The van der Waals surface area contributed by atoms with Crippen molar-refractivity contribution in [3.8, 4) is 0 Å². The summed E-state index contributed by atoms with van der Waals surface area (Å²) in [5.41, 5.74) is 0.0914. The number of nitrogens with zero attached hydrogens (tertiary/aromatic N) is 1. The molecule has 2 rings (SSSR count). The highest BCUT2D eigenvalue weighted by molar-refractivity contribution is 6.34. The summed E-state index contributed by atoms with van der Waals surface area (Å²) in [5, 5.41) is 11.8. The third-order valence-corrected chi connectivity index (χ3v) is 3.29. The summed E-state index contributed by atoms with van der Waals surface area (Å²) in [6.07, 6.45) is 0.759. The normalized spacial score (nSPS) is 15.6. The van der Waals surface area contributed by atoms with Crippen LogP contribution in [-0.2, 0) is 4.74 Å². The number of hydrogen-bond acceptors (Lipinski definition) is 3. The van der Waals surface area contributed by atoms with Crippen molar-refractivity contribution in [2.24, 2.45) is 0 Å². The summed E-state index contributed by atoms with van der Waals surface area (Å²) < 4.78 is 5.27. The number of urea groups is 1. The molecule has 0 unspecified atom stereocenters. The Balaban J connectivity index is 2.15. The van der Waals surface area contributed by atoms with Crippen molar-refractivity contribution in [1.82, 2.24) is 4.90 Å². The van der Waals surface area contributed by atoms with Gasteiger partial charge in [0.05, 0.1) is 17.3 Å². The quantitative estimate of drug-likeness (QED) is 0.878. The van der Waals surface area contributed by atoms with E-state index >= 15 is 0 Å². The van der Waals surface area contributed by atoms with Crippen LogP contribution < -0.4 is 5.32 Å². The van der Waals surface area contributed by atoms with Crippen LogP contribution >= 0.6 is 11.6 Å². The van der Waals surface area contributed by atoms with E-state index in [4.69, 9.17) is 21.4 Å². The van der Waals surface area contributed by atoms with E-state index in [1.807, 2.05) is 0 Å². The molecule has 6 nitrogen and oxygen atoms in total. The minimum atomic E-state index is -1.18. The Morgan fingerprint density at radius 2 is 2.10 bits per heavy atom. The zero-order chi connectivity index (χ0) is 14.5. The van der Waals surface area contributed by atoms with Gasteiger partial charge in [-0.1, -0.05) is 17.7 Å². The Labute approximate surface area is 121 Å². The number of anilines is 1. The molecule has 1 aliphatic rings. The van der Waals surface area contributed by atoms with Crippen molar-refractivity contribution in [2.45, 2.75) is 6.42 Å². The molecular formula is C13H15ClN2O4. The van der Waals surface area contributed by atoms with E-state index in [1.165, 1.54) is 12.1 Å². The second-order valence-electron chi connectivity index (χ2n) is 4.35. The fraction of sp³-hybridized carbons (Fsp3) is 0.385. The summed E-state index contributed by atoms with van der Waals surface area (Å²) in [6, 6.07) is 4.23. The number of nitrogens with one attached hydrogen (secondary N) is 1. The van der Waals surface area contributed by atoms with Crippen LogP contribution in [0.15, 0.2) is 18.2 Å². The van der Waals surface area contributed by atoms with E-state index in [-0.39, 0.29) is 22.3 Å². The highest BCUT2D eigenvalue weighted by Gasteiger charge is 2.20. The third kappa shape index (κ3) is 3.40. The number of rotatable bonds is 2. The molecule has 108 valence electrons. The van der Waals surface area contributed by atoms with E-state index in [2.05, 4.69) is 5.32 Å². The van der Waals surface area contributed by atoms with Gasteiger partial charge >= 0.3 is 12.0 Å². The monoisotopic (exact) mass is 298 g/mol. The maximum absolute atomic E-state index is 12.1. The van der Waals surface area contributed by atoms with E-state index in [1.54, 1.807) is 11.0 Å². The molecule has 1 saturated heterocycles. The highest BCUT2D eigenvalue weighted by atomic mass is 35.5. The predicted octanol–water partition coefficient (Wildman–Crippen LogP) is 2.29. The molecule has 0 spiro atoms. The molecule has 1 fully saturated rings. The number of carboxylic acid groups (broad SMARTS) is 1. The number of aromatic carboxylic acids is 1. The molecule has 0 saturated carbocycles. The number of ether oxygens (including phenoxy) is 1. The van der Waals surface area contributed by atoms with Crippen LogP contribution in [0.1, 0.15) is 16.8 Å². The van der Waals surface area contributed by atoms with E-state index < -0.39 is 5.97 Å². The van der Waals surface area contributed by atoms with Crippen LogP contribution in [0, 0.1) is 0 Å². The maximum atomic E-state index is 12.1. The molecule has 7 heteroatoms. The first-order valence-electron chi connectivity index (χ1n) is 6.25. The van der Waals surface area contributed by atoms with Gasteiger partial charge in [-0.3, -0.25) is 0 Å². The first-order chi connectivity index (χ1) is 9.59. The standard InChI is InChI=1S/C13H15ClN2O4/c14-9-3-1-4-10(11(9)12(17)18)15-13(19)16-5-2-7-20-8-6-16/h1,3-4H,2,5-8H2,(H,15,19)(H,17,18). The topological polar surface area (TPSA) is 78.9 Å².